The van der Waals surface area contributed by atoms with Crippen LogP contribution in [-0.2, 0) is 0 Å². The fourth-order valence-electron chi connectivity index (χ4n) is 2.69. The molecule has 2 aromatic heterocycles. The molecule has 1 amide bonds. The molecule has 0 radical (unpaired) electrons. The molecule has 0 aliphatic carbocycles. The first-order valence-corrected chi connectivity index (χ1v) is 7.31. The summed E-state index contributed by atoms with van der Waals surface area (Å²) in [6, 6.07) is 9.34. The van der Waals surface area contributed by atoms with Gasteiger partial charge in [-0.05, 0) is 30.3 Å². The van der Waals surface area contributed by atoms with Crippen LogP contribution in [-0.4, -0.2) is 39.6 Å². The van der Waals surface area contributed by atoms with Crippen LogP contribution in [0.25, 0.3) is 5.65 Å². The standard InChI is InChI=1S/C16H14FN5O/c17-12-3-1-11(2-4-12)16(23)20-13-9-21(10-13)15-6-7-18-14-5-8-19-22(14)15/h1-8,13H,9-10H2,(H,20,23). The van der Waals surface area contributed by atoms with Crippen LogP contribution in [0.2, 0.25) is 0 Å². The highest BCUT2D eigenvalue weighted by atomic mass is 19.1. The number of rotatable bonds is 3. The highest BCUT2D eigenvalue weighted by Crippen LogP contribution is 2.21. The van der Waals surface area contributed by atoms with Crippen LogP contribution in [0.3, 0.4) is 0 Å². The van der Waals surface area contributed by atoms with E-state index in [0.29, 0.717) is 18.7 Å². The van der Waals surface area contributed by atoms with Crippen molar-refractivity contribution in [2.75, 3.05) is 18.0 Å². The first kappa shape index (κ1) is 13.7. The second-order valence-electron chi connectivity index (χ2n) is 5.49. The number of nitrogens with zero attached hydrogens (tertiary/aromatic N) is 4. The molecule has 0 spiro atoms. The third-order valence-electron chi connectivity index (χ3n) is 3.92. The Balaban J connectivity index is 1.41. The molecule has 0 bridgehead atoms. The van der Waals surface area contributed by atoms with Crippen molar-refractivity contribution in [3.05, 3.63) is 60.2 Å². The first-order valence-electron chi connectivity index (χ1n) is 7.31. The molecule has 116 valence electrons. The summed E-state index contributed by atoms with van der Waals surface area (Å²) in [4.78, 5) is 18.4. The van der Waals surface area contributed by atoms with E-state index in [1.54, 1.807) is 16.9 Å². The Morgan fingerprint density at radius 2 is 1.91 bits per heavy atom. The molecule has 23 heavy (non-hydrogen) atoms. The van der Waals surface area contributed by atoms with Gasteiger partial charge in [-0.2, -0.15) is 9.61 Å². The molecule has 3 heterocycles. The second kappa shape index (κ2) is 5.35. The average molecular weight is 311 g/mol. The monoisotopic (exact) mass is 311 g/mol. The number of amides is 1. The van der Waals surface area contributed by atoms with E-state index in [4.69, 9.17) is 0 Å². The zero-order valence-electron chi connectivity index (χ0n) is 12.2. The Kier molecular flexibility index (Phi) is 3.18. The summed E-state index contributed by atoms with van der Waals surface area (Å²) in [6.07, 6.45) is 3.45. The van der Waals surface area contributed by atoms with Gasteiger partial charge >= 0.3 is 0 Å². The van der Waals surface area contributed by atoms with E-state index in [9.17, 15) is 9.18 Å². The van der Waals surface area contributed by atoms with Crippen LogP contribution in [0.4, 0.5) is 10.2 Å². The molecule has 1 N–H and O–H groups in total. The molecule has 0 atom stereocenters. The number of aromatic nitrogens is 3. The van der Waals surface area contributed by atoms with E-state index in [2.05, 4.69) is 20.3 Å². The van der Waals surface area contributed by atoms with Crippen molar-refractivity contribution >= 4 is 17.4 Å². The molecule has 1 aromatic carbocycles. The third kappa shape index (κ3) is 2.50. The molecule has 1 aliphatic rings. The normalized spacial score (nSPS) is 14.7. The number of hydrogen-bond acceptors (Lipinski definition) is 4. The van der Waals surface area contributed by atoms with E-state index in [0.717, 1.165) is 11.5 Å². The third-order valence-corrected chi connectivity index (χ3v) is 3.92. The maximum Gasteiger partial charge on any atom is 0.251 e. The molecule has 6 nitrogen and oxygen atoms in total. The van der Waals surface area contributed by atoms with Crippen molar-refractivity contribution in [1.82, 2.24) is 19.9 Å². The molecule has 7 heteroatoms. The lowest BCUT2D eigenvalue weighted by Gasteiger charge is -2.40. The summed E-state index contributed by atoms with van der Waals surface area (Å²) >= 11 is 0. The Morgan fingerprint density at radius 1 is 1.13 bits per heavy atom. The highest BCUT2D eigenvalue weighted by molar-refractivity contribution is 5.94. The minimum atomic E-state index is -0.350. The van der Waals surface area contributed by atoms with Crippen molar-refractivity contribution in [3.8, 4) is 0 Å². The van der Waals surface area contributed by atoms with E-state index >= 15 is 0 Å². The zero-order valence-corrected chi connectivity index (χ0v) is 12.2. The van der Waals surface area contributed by atoms with Gasteiger partial charge in [0.25, 0.3) is 5.91 Å². The fraction of sp³-hybridized carbons (Fsp3) is 0.188. The van der Waals surface area contributed by atoms with Crippen molar-refractivity contribution in [2.24, 2.45) is 0 Å². The van der Waals surface area contributed by atoms with Gasteiger partial charge in [0, 0.05) is 30.9 Å². The molecule has 1 aliphatic heterocycles. The summed E-state index contributed by atoms with van der Waals surface area (Å²) in [6.45, 7) is 1.40. The summed E-state index contributed by atoms with van der Waals surface area (Å²) in [5.41, 5.74) is 1.25. The Labute approximate surface area is 131 Å². The SMILES string of the molecule is O=C(NC1CN(c2ccnc3ccnn23)C1)c1ccc(F)cc1. The average Bonchev–Trinajstić information content (AvgIpc) is 2.99. The Bertz CT molecular complexity index is 854. The van der Waals surface area contributed by atoms with Gasteiger partial charge in [-0.25, -0.2) is 9.37 Å². The molecular formula is C16H14FN5O. The fourth-order valence-corrected chi connectivity index (χ4v) is 2.69. The lowest BCUT2D eigenvalue weighted by molar-refractivity contribution is 0.0930. The van der Waals surface area contributed by atoms with Crippen molar-refractivity contribution in [3.63, 3.8) is 0 Å². The van der Waals surface area contributed by atoms with Crippen LogP contribution in [0.15, 0.2) is 48.8 Å². The molecule has 3 aromatic rings. The lowest BCUT2D eigenvalue weighted by Crippen LogP contribution is -2.60. The second-order valence-corrected chi connectivity index (χ2v) is 5.49. The number of hydrogen-bond donors (Lipinski definition) is 1. The summed E-state index contributed by atoms with van der Waals surface area (Å²) < 4.78 is 14.7. The number of nitrogens with one attached hydrogen (secondary N) is 1. The van der Waals surface area contributed by atoms with Crippen molar-refractivity contribution in [1.29, 1.82) is 0 Å². The quantitative estimate of drug-likeness (QED) is 0.796. The van der Waals surface area contributed by atoms with E-state index in [1.807, 2.05) is 12.1 Å². The van der Waals surface area contributed by atoms with Crippen molar-refractivity contribution < 1.29 is 9.18 Å². The van der Waals surface area contributed by atoms with Gasteiger partial charge < -0.3 is 10.2 Å². The van der Waals surface area contributed by atoms with Crippen LogP contribution < -0.4 is 10.2 Å². The molecule has 0 unspecified atom stereocenters. The van der Waals surface area contributed by atoms with E-state index < -0.39 is 0 Å². The van der Waals surface area contributed by atoms with Gasteiger partial charge in [0.1, 0.15) is 11.6 Å². The Hall–Kier alpha value is -2.96. The van der Waals surface area contributed by atoms with Crippen LogP contribution >= 0.6 is 0 Å². The van der Waals surface area contributed by atoms with Crippen LogP contribution in [0.5, 0.6) is 0 Å². The maximum atomic E-state index is 12.9. The molecule has 1 saturated heterocycles. The number of anilines is 1. The Morgan fingerprint density at radius 3 is 2.70 bits per heavy atom. The van der Waals surface area contributed by atoms with Gasteiger partial charge in [0.2, 0.25) is 0 Å². The number of halogens is 1. The van der Waals surface area contributed by atoms with Gasteiger partial charge in [0.15, 0.2) is 5.65 Å². The van der Waals surface area contributed by atoms with Gasteiger partial charge in [-0.15, -0.1) is 0 Å². The smallest absolute Gasteiger partial charge is 0.251 e. The predicted octanol–water partition coefficient (Wildman–Crippen LogP) is 1.49. The van der Waals surface area contributed by atoms with E-state index in [-0.39, 0.29) is 17.8 Å². The van der Waals surface area contributed by atoms with Gasteiger partial charge in [0.05, 0.1) is 12.2 Å². The summed E-state index contributed by atoms with van der Waals surface area (Å²) in [5.74, 6) is 0.415. The van der Waals surface area contributed by atoms with Crippen LogP contribution in [0, 0.1) is 5.82 Å². The maximum absolute atomic E-state index is 12.9. The molecule has 1 fully saturated rings. The topological polar surface area (TPSA) is 62.5 Å². The number of carbonyl (C=O) groups is 1. The molecular weight excluding hydrogens is 297 g/mol. The van der Waals surface area contributed by atoms with Gasteiger partial charge in [-0.1, -0.05) is 0 Å². The van der Waals surface area contributed by atoms with Gasteiger partial charge in [-0.3, -0.25) is 4.79 Å². The number of benzene rings is 1. The minimum Gasteiger partial charge on any atom is -0.352 e. The minimum absolute atomic E-state index is 0.0614. The highest BCUT2D eigenvalue weighted by Gasteiger charge is 2.30. The van der Waals surface area contributed by atoms with E-state index in [1.165, 1.54) is 24.3 Å². The van der Waals surface area contributed by atoms with Crippen LogP contribution in [0.1, 0.15) is 10.4 Å². The largest absolute Gasteiger partial charge is 0.352 e. The zero-order chi connectivity index (χ0) is 15.8. The number of fused-ring (bicyclic) bond motifs is 1. The molecule has 4 rings (SSSR count). The molecule has 0 saturated carbocycles. The number of carbonyl (C=O) groups excluding carboxylic acids is 1. The first-order chi connectivity index (χ1) is 11.2. The summed E-state index contributed by atoms with van der Waals surface area (Å²) in [7, 11) is 0. The summed E-state index contributed by atoms with van der Waals surface area (Å²) in [5, 5.41) is 7.20. The predicted molar refractivity (Wildman–Crippen MR) is 82.9 cm³/mol. The van der Waals surface area contributed by atoms with Crippen molar-refractivity contribution in [2.45, 2.75) is 6.04 Å². The lowest BCUT2D eigenvalue weighted by atomic mass is 10.1.